The summed E-state index contributed by atoms with van der Waals surface area (Å²) >= 11 is 0. The van der Waals surface area contributed by atoms with Crippen LogP contribution in [0.5, 0.6) is 0 Å². The van der Waals surface area contributed by atoms with Crippen LogP contribution < -0.4 is 5.73 Å². The molecule has 1 aliphatic rings. The molecule has 0 spiro atoms. The molecule has 2 atom stereocenters. The molecule has 0 heterocycles. The maximum absolute atomic E-state index is 12.2. The molecule has 1 rings (SSSR count). The molecule has 2 unspecified atom stereocenters. The van der Waals surface area contributed by atoms with Crippen molar-refractivity contribution in [2.75, 3.05) is 0 Å². The fraction of sp³-hybridized carbons (Fsp3) is 0.812. The highest BCUT2D eigenvalue weighted by atomic mass is 16.7. The van der Waals surface area contributed by atoms with Crippen molar-refractivity contribution in [3.05, 3.63) is 0 Å². The van der Waals surface area contributed by atoms with Gasteiger partial charge in [0.05, 0.1) is 5.92 Å². The lowest BCUT2D eigenvalue weighted by atomic mass is 9.79. The van der Waals surface area contributed by atoms with Crippen molar-refractivity contribution >= 4 is 17.9 Å². The number of carboxylic acids is 1. The fourth-order valence-electron chi connectivity index (χ4n) is 2.62. The highest BCUT2D eigenvalue weighted by Crippen LogP contribution is 2.31. The molecule has 23 heavy (non-hydrogen) atoms. The normalized spacial score (nSPS) is 23.9. The van der Waals surface area contributed by atoms with Crippen LogP contribution in [-0.4, -0.2) is 35.3 Å². The van der Waals surface area contributed by atoms with Gasteiger partial charge in [-0.25, -0.2) is 0 Å². The van der Waals surface area contributed by atoms with Crippen molar-refractivity contribution in [1.29, 1.82) is 0 Å². The third kappa shape index (κ3) is 5.82. The van der Waals surface area contributed by atoms with Gasteiger partial charge in [-0.15, -0.1) is 0 Å². The van der Waals surface area contributed by atoms with Crippen LogP contribution in [0.2, 0.25) is 0 Å². The molecule has 132 valence electrons. The summed E-state index contributed by atoms with van der Waals surface area (Å²) < 4.78 is 10.4. The minimum absolute atomic E-state index is 0.104. The zero-order valence-electron chi connectivity index (χ0n) is 14.0. The topological polar surface area (TPSA) is 116 Å². The average Bonchev–Trinajstić information content (AvgIpc) is 2.53. The van der Waals surface area contributed by atoms with E-state index in [1.807, 2.05) is 0 Å². The maximum atomic E-state index is 12.2. The maximum Gasteiger partial charge on any atom is 0.326 e. The van der Waals surface area contributed by atoms with Gasteiger partial charge in [-0.2, -0.15) is 0 Å². The Labute approximate surface area is 136 Å². The van der Waals surface area contributed by atoms with Crippen molar-refractivity contribution in [3.63, 3.8) is 0 Å². The van der Waals surface area contributed by atoms with E-state index in [0.717, 1.165) is 0 Å². The van der Waals surface area contributed by atoms with Crippen LogP contribution in [0, 0.1) is 17.8 Å². The molecule has 0 aromatic heterocycles. The first kappa shape index (κ1) is 19.4. The van der Waals surface area contributed by atoms with Crippen LogP contribution in [0.1, 0.15) is 52.9 Å². The van der Waals surface area contributed by atoms with Crippen molar-refractivity contribution < 1.29 is 29.0 Å². The van der Waals surface area contributed by atoms with E-state index in [4.69, 9.17) is 20.3 Å². The number of esters is 2. The van der Waals surface area contributed by atoms with Crippen LogP contribution in [0.3, 0.4) is 0 Å². The van der Waals surface area contributed by atoms with E-state index < -0.39 is 30.2 Å². The van der Waals surface area contributed by atoms with E-state index in [0.29, 0.717) is 25.7 Å². The number of nitrogens with two attached hydrogens (primary N) is 1. The minimum Gasteiger partial charge on any atom is -0.481 e. The Morgan fingerprint density at radius 2 is 1.70 bits per heavy atom. The van der Waals surface area contributed by atoms with Gasteiger partial charge in [0, 0.05) is 12.3 Å². The number of carboxylic acid groups (broad SMARTS) is 1. The summed E-state index contributed by atoms with van der Waals surface area (Å²) in [7, 11) is 0. The van der Waals surface area contributed by atoms with Gasteiger partial charge >= 0.3 is 17.9 Å². The molecule has 0 aromatic carbocycles. The van der Waals surface area contributed by atoms with E-state index in [1.165, 1.54) is 0 Å². The lowest BCUT2D eigenvalue weighted by molar-refractivity contribution is -0.197. The fourth-order valence-corrected chi connectivity index (χ4v) is 2.62. The summed E-state index contributed by atoms with van der Waals surface area (Å²) in [5, 5.41) is 8.99. The zero-order chi connectivity index (χ0) is 17.6. The number of carbonyl (C=O) groups is 3. The second kappa shape index (κ2) is 8.86. The molecular formula is C16H27NO6. The number of hydrogen-bond donors (Lipinski definition) is 2. The monoisotopic (exact) mass is 329 g/mol. The van der Waals surface area contributed by atoms with Gasteiger partial charge in [-0.3, -0.25) is 14.4 Å². The molecular weight excluding hydrogens is 302 g/mol. The molecule has 0 radical (unpaired) electrons. The van der Waals surface area contributed by atoms with Crippen molar-refractivity contribution in [3.8, 4) is 0 Å². The molecule has 0 aromatic rings. The number of ether oxygens (including phenoxy) is 2. The average molecular weight is 329 g/mol. The Balaban J connectivity index is 2.55. The standard InChI is InChI=1S/C16H27NO6/c1-4-12(18)22-16(9(2)3)23-15(21)13(17)10-5-7-11(8-6-10)14(19)20/h9-11,13,16H,4-8,17H2,1-3H3,(H,19,20). The second-order valence-corrected chi connectivity index (χ2v) is 6.37. The van der Waals surface area contributed by atoms with Crippen LogP contribution in [-0.2, 0) is 23.9 Å². The molecule has 1 saturated carbocycles. The molecule has 3 N–H and O–H groups in total. The molecule has 0 saturated heterocycles. The third-order valence-electron chi connectivity index (χ3n) is 4.21. The highest BCUT2D eigenvalue weighted by Gasteiger charge is 2.34. The molecule has 0 aliphatic heterocycles. The van der Waals surface area contributed by atoms with Gasteiger partial charge in [0.2, 0.25) is 6.29 Å². The Hall–Kier alpha value is -1.63. The Morgan fingerprint density at radius 3 is 2.13 bits per heavy atom. The second-order valence-electron chi connectivity index (χ2n) is 6.37. The predicted molar refractivity (Wildman–Crippen MR) is 82.2 cm³/mol. The lowest BCUT2D eigenvalue weighted by Gasteiger charge is -2.30. The van der Waals surface area contributed by atoms with E-state index in [1.54, 1.807) is 20.8 Å². The molecule has 7 nitrogen and oxygen atoms in total. The lowest BCUT2D eigenvalue weighted by Crippen LogP contribution is -2.44. The number of aliphatic carboxylic acids is 1. The van der Waals surface area contributed by atoms with Gasteiger partial charge in [0.15, 0.2) is 0 Å². The summed E-state index contributed by atoms with van der Waals surface area (Å²) in [6, 6.07) is -0.827. The van der Waals surface area contributed by atoms with E-state index in [2.05, 4.69) is 0 Å². The van der Waals surface area contributed by atoms with Gasteiger partial charge in [-0.1, -0.05) is 20.8 Å². The molecule has 7 heteroatoms. The van der Waals surface area contributed by atoms with Crippen LogP contribution in [0.25, 0.3) is 0 Å². The summed E-state index contributed by atoms with van der Waals surface area (Å²) in [6.07, 6.45) is 1.43. The SMILES string of the molecule is CCC(=O)OC(OC(=O)C(N)C1CCC(C(=O)O)CC1)C(C)C. The molecule has 0 amide bonds. The first-order valence-electron chi connectivity index (χ1n) is 8.14. The van der Waals surface area contributed by atoms with E-state index in [9.17, 15) is 14.4 Å². The van der Waals surface area contributed by atoms with Crippen LogP contribution in [0.4, 0.5) is 0 Å². The number of carbonyl (C=O) groups excluding carboxylic acids is 2. The van der Waals surface area contributed by atoms with E-state index >= 15 is 0 Å². The summed E-state index contributed by atoms with van der Waals surface area (Å²) in [4.78, 5) is 34.5. The quantitative estimate of drug-likeness (QED) is 0.539. The summed E-state index contributed by atoms with van der Waals surface area (Å²) in [5.74, 6) is -2.48. The smallest absolute Gasteiger partial charge is 0.326 e. The van der Waals surface area contributed by atoms with E-state index in [-0.39, 0.29) is 24.2 Å². The minimum atomic E-state index is -0.948. The summed E-state index contributed by atoms with van der Waals surface area (Å²) in [5.41, 5.74) is 5.96. The third-order valence-corrected chi connectivity index (χ3v) is 4.21. The Bertz CT molecular complexity index is 428. The Kier molecular flexibility index (Phi) is 7.48. The van der Waals surface area contributed by atoms with Crippen LogP contribution >= 0.6 is 0 Å². The van der Waals surface area contributed by atoms with Gasteiger partial charge in [0.25, 0.3) is 0 Å². The predicted octanol–water partition coefficient (Wildman–Crippen LogP) is 1.68. The van der Waals surface area contributed by atoms with Gasteiger partial charge in [0.1, 0.15) is 6.04 Å². The van der Waals surface area contributed by atoms with Gasteiger partial charge in [-0.05, 0) is 31.6 Å². The first-order chi connectivity index (χ1) is 10.8. The zero-order valence-corrected chi connectivity index (χ0v) is 14.0. The number of rotatable bonds is 7. The number of hydrogen-bond acceptors (Lipinski definition) is 6. The Morgan fingerprint density at radius 1 is 1.13 bits per heavy atom. The van der Waals surface area contributed by atoms with Crippen LogP contribution in [0.15, 0.2) is 0 Å². The van der Waals surface area contributed by atoms with Crippen molar-refractivity contribution in [2.45, 2.75) is 65.2 Å². The molecule has 1 fully saturated rings. The molecule has 0 bridgehead atoms. The van der Waals surface area contributed by atoms with Gasteiger partial charge < -0.3 is 20.3 Å². The highest BCUT2D eigenvalue weighted by molar-refractivity contribution is 5.76. The summed E-state index contributed by atoms with van der Waals surface area (Å²) in [6.45, 7) is 5.23. The van der Waals surface area contributed by atoms with Crippen molar-refractivity contribution in [1.82, 2.24) is 0 Å². The largest absolute Gasteiger partial charge is 0.481 e. The molecule has 1 aliphatic carbocycles. The first-order valence-corrected chi connectivity index (χ1v) is 8.14. The van der Waals surface area contributed by atoms with Crippen molar-refractivity contribution in [2.24, 2.45) is 23.5 Å².